The predicted molar refractivity (Wildman–Crippen MR) is 131 cm³/mol. The number of para-hydroxylation sites is 1. The SMILES string of the molecule is Cc1ccc(S(=O)(=O)Nc2ccc(SCc3cccc(Oc4ccccc4)c3)cc2)cc1. The van der Waals surface area contributed by atoms with Gasteiger partial charge >= 0.3 is 0 Å². The molecule has 0 aliphatic heterocycles. The van der Waals surface area contributed by atoms with Crippen molar-refractivity contribution in [1.29, 1.82) is 0 Å². The number of aryl methyl sites for hydroxylation is 1. The largest absolute Gasteiger partial charge is 0.457 e. The van der Waals surface area contributed by atoms with E-state index in [2.05, 4.69) is 10.8 Å². The summed E-state index contributed by atoms with van der Waals surface area (Å²) in [6.45, 7) is 1.92. The van der Waals surface area contributed by atoms with Crippen molar-refractivity contribution in [3.05, 3.63) is 114 Å². The zero-order valence-corrected chi connectivity index (χ0v) is 19.2. The molecular weight excluding hydrogens is 438 g/mol. The molecule has 0 unspecified atom stereocenters. The summed E-state index contributed by atoms with van der Waals surface area (Å²) in [5, 5.41) is 0. The number of anilines is 1. The summed E-state index contributed by atoms with van der Waals surface area (Å²) in [6, 6.07) is 31.9. The maximum atomic E-state index is 12.5. The van der Waals surface area contributed by atoms with Crippen LogP contribution in [0.15, 0.2) is 113 Å². The van der Waals surface area contributed by atoms with E-state index in [4.69, 9.17) is 4.74 Å². The first-order valence-corrected chi connectivity index (χ1v) is 12.6. The second-order valence-corrected chi connectivity index (χ2v) is 10.0. The summed E-state index contributed by atoms with van der Waals surface area (Å²) in [4.78, 5) is 1.30. The Morgan fingerprint density at radius 2 is 1.47 bits per heavy atom. The zero-order chi connectivity index (χ0) is 22.4. The van der Waals surface area contributed by atoms with Gasteiger partial charge in [-0.25, -0.2) is 8.42 Å². The molecule has 0 aliphatic carbocycles. The number of hydrogen-bond donors (Lipinski definition) is 1. The van der Waals surface area contributed by atoms with Crippen molar-refractivity contribution in [2.75, 3.05) is 4.72 Å². The Balaban J connectivity index is 1.36. The molecule has 4 aromatic rings. The molecule has 0 atom stereocenters. The molecule has 4 aromatic carbocycles. The van der Waals surface area contributed by atoms with Gasteiger partial charge in [-0.2, -0.15) is 0 Å². The van der Waals surface area contributed by atoms with Crippen molar-refractivity contribution >= 4 is 27.5 Å². The van der Waals surface area contributed by atoms with Crippen LogP contribution >= 0.6 is 11.8 Å². The van der Waals surface area contributed by atoms with Crippen LogP contribution in [0, 0.1) is 6.92 Å². The number of rotatable bonds is 8. The lowest BCUT2D eigenvalue weighted by atomic mass is 10.2. The average Bonchev–Trinajstić information content (AvgIpc) is 2.80. The molecular formula is C26H23NO3S2. The van der Waals surface area contributed by atoms with Gasteiger partial charge in [-0.05, 0) is 73.2 Å². The van der Waals surface area contributed by atoms with Crippen LogP contribution in [0.25, 0.3) is 0 Å². The highest BCUT2D eigenvalue weighted by Gasteiger charge is 2.13. The van der Waals surface area contributed by atoms with Gasteiger partial charge < -0.3 is 4.74 Å². The molecule has 0 saturated heterocycles. The number of hydrogen-bond acceptors (Lipinski definition) is 4. The van der Waals surface area contributed by atoms with Crippen molar-refractivity contribution in [1.82, 2.24) is 0 Å². The number of nitrogens with one attached hydrogen (secondary N) is 1. The Bertz CT molecular complexity index is 1270. The van der Waals surface area contributed by atoms with Gasteiger partial charge in [0.2, 0.25) is 0 Å². The summed E-state index contributed by atoms with van der Waals surface area (Å²) < 4.78 is 33.6. The first-order valence-electron chi connectivity index (χ1n) is 10.1. The van der Waals surface area contributed by atoms with E-state index < -0.39 is 10.0 Å². The Hall–Kier alpha value is -3.22. The Morgan fingerprint density at radius 3 is 2.19 bits per heavy atom. The highest BCUT2D eigenvalue weighted by atomic mass is 32.2. The Labute approximate surface area is 193 Å². The quantitative estimate of drug-likeness (QED) is 0.291. The smallest absolute Gasteiger partial charge is 0.261 e. The van der Waals surface area contributed by atoms with Gasteiger partial charge in [-0.15, -0.1) is 11.8 Å². The molecule has 0 saturated carbocycles. The molecule has 0 fully saturated rings. The fourth-order valence-electron chi connectivity index (χ4n) is 3.04. The first kappa shape index (κ1) is 22.0. The molecule has 0 spiro atoms. The summed E-state index contributed by atoms with van der Waals surface area (Å²) in [7, 11) is -3.60. The molecule has 0 heterocycles. The van der Waals surface area contributed by atoms with Crippen molar-refractivity contribution in [2.24, 2.45) is 0 Å². The van der Waals surface area contributed by atoms with Gasteiger partial charge in [0.05, 0.1) is 4.90 Å². The van der Waals surface area contributed by atoms with Crippen LogP contribution < -0.4 is 9.46 Å². The van der Waals surface area contributed by atoms with E-state index in [1.165, 1.54) is 0 Å². The van der Waals surface area contributed by atoms with E-state index in [1.807, 2.05) is 67.6 Å². The lowest BCUT2D eigenvalue weighted by Gasteiger charge is -2.10. The van der Waals surface area contributed by atoms with Crippen LogP contribution in [-0.4, -0.2) is 8.42 Å². The summed E-state index contributed by atoms with van der Waals surface area (Å²) in [5.74, 6) is 2.39. The first-order chi connectivity index (χ1) is 15.5. The molecule has 0 bridgehead atoms. The highest BCUT2D eigenvalue weighted by molar-refractivity contribution is 7.98. The number of sulfonamides is 1. The highest BCUT2D eigenvalue weighted by Crippen LogP contribution is 2.28. The minimum Gasteiger partial charge on any atom is -0.457 e. The molecule has 0 aromatic heterocycles. The van der Waals surface area contributed by atoms with Crippen LogP contribution in [0.3, 0.4) is 0 Å². The Morgan fingerprint density at radius 1 is 0.781 bits per heavy atom. The molecule has 0 aliphatic rings. The molecule has 162 valence electrons. The van der Waals surface area contributed by atoms with Gasteiger partial charge in [0.25, 0.3) is 10.0 Å². The average molecular weight is 462 g/mol. The van der Waals surface area contributed by atoms with Crippen LogP contribution in [0.1, 0.15) is 11.1 Å². The molecule has 1 N–H and O–H groups in total. The lowest BCUT2D eigenvalue weighted by Crippen LogP contribution is -2.12. The molecule has 4 nitrogen and oxygen atoms in total. The van der Waals surface area contributed by atoms with E-state index >= 15 is 0 Å². The van der Waals surface area contributed by atoms with Crippen LogP contribution in [0.5, 0.6) is 11.5 Å². The monoisotopic (exact) mass is 461 g/mol. The third kappa shape index (κ3) is 5.93. The third-order valence-electron chi connectivity index (χ3n) is 4.72. The molecule has 32 heavy (non-hydrogen) atoms. The van der Waals surface area contributed by atoms with Crippen molar-refractivity contribution < 1.29 is 13.2 Å². The molecule has 0 amide bonds. The van der Waals surface area contributed by atoms with E-state index in [0.29, 0.717) is 5.69 Å². The maximum absolute atomic E-state index is 12.5. The minimum absolute atomic E-state index is 0.249. The normalized spacial score (nSPS) is 11.2. The van der Waals surface area contributed by atoms with Gasteiger partial charge in [0, 0.05) is 16.3 Å². The second kappa shape index (κ2) is 9.94. The summed E-state index contributed by atoms with van der Waals surface area (Å²) in [5.41, 5.74) is 2.70. The third-order valence-corrected chi connectivity index (χ3v) is 7.20. The van der Waals surface area contributed by atoms with Crippen LogP contribution in [0.2, 0.25) is 0 Å². The van der Waals surface area contributed by atoms with Crippen molar-refractivity contribution in [2.45, 2.75) is 22.5 Å². The summed E-state index contributed by atoms with van der Waals surface area (Å²) >= 11 is 1.68. The van der Waals surface area contributed by atoms with Crippen molar-refractivity contribution in [3.8, 4) is 11.5 Å². The van der Waals surface area contributed by atoms with E-state index in [-0.39, 0.29) is 4.90 Å². The number of ether oxygens (including phenoxy) is 1. The van der Waals surface area contributed by atoms with E-state index in [9.17, 15) is 8.42 Å². The van der Waals surface area contributed by atoms with Crippen molar-refractivity contribution in [3.63, 3.8) is 0 Å². The Kier molecular flexibility index (Phi) is 6.83. The predicted octanol–water partition coefficient (Wildman–Crippen LogP) is 6.88. The number of benzene rings is 4. The zero-order valence-electron chi connectivity index (χ0n) is 17.6. The fraction of sp³-hybridized carbons (Fsp3) is 0.0769. The van der Waals surface area contributed by atoms with Gasteiger partial charge in [0.15, 0.2) is 0 Å². The molecule has 6 heteroatoms. The van der Waals surface area contributed by atoms with E-state index in [0.717, 1.165) is 33.3 Å². The van der Waals surface area contributed by atoms with Crippen LogP contribution in [-0.2, 0) is 15.8 Å². The van der Waals surface area contributed by atoms with Crippen LogP contribution in [0.4, 0.5) is 5.69 Å². The number of thioether (sulfide) groups is 1. The standard InChI is InChI=1S/C26H23NO3S2/c1-20-10-16-26(17-11-20)32(28,29)27-22-12-14-25(15-13-22)31-19-21-6-5-9-24(18-21)30-23-7-3-2-4-8-23/h2-18,27H,19H2,1H3. The maximum Gasteiger partial charge on any atom is 0.261 e. The topological polar surface area (TPSA) is 55.4 Å². The fourth-order valence-corrected chi connectivity index (χ4v) is 4.94. The van der Waals surface area contributed by atoms with E-state index in [1.54, 1.807) is 48.2 Å². The second-order valence-electron chi connectivity index (χ2n) is 7.29. The van der Waals surface area contributed by atoms with Gasteiger partial charge in [-0.1, -0.05) is 48.0 Å². The minimum atomic E-state index is -3.60. The molecule has 4 rings (SSSR count). The molecule has 0 radical (unpaired) electrons. The lowest BCUT2D eigenvalue weighted by molar-refractivity contribution is 0.482. The van der Waals surface area contributed by atoms with Gasteiger partial charge in [-0.3, -0.25) is 4.72 Å². The van der Waals surface area contributed by atoms with Gasteiger partial charge in [0.1, 0.15) is 11.5 Å². The summed E-state index contributed by atoms with van der Waals surface area (Å²) in [6.07, 6.45) is 0.